The summed E-state index contributed by atoms with van der Waals surface area (Å²) < 4.78 is 0. The van der Waals surface area contributed by atoms with Gasteiger partial charge in [-0.15, -0.1) is 0 Å². The number of aromatic nitrogens is 2. The van der Waals surface area contributed by atoms with E-state index in [1.165, 1.54) is 18.5 Å². The van der Waals surface area contributed by atoms with Gasteiger partial charge in [-0.05, 0) is 47.9 Å². The van der Waals surface area contributed by atoms with Crippen molar-refractivity contribution < 1.29 is 14.4 Å². The van der Waals surface area contributed by atoms with Crippen molar-refractivity contribution in [1.82, 2.24) is 14.9 Å². The molecular formula is C23H23N5O3. The highest BCUT2D eigenvalue weighted by atomic mass is 16.2. The molecule has 3 amide bonds. The summed E-state index contributed by atoms with van der Waals surface area (Å²) in [6, 6.07) is 9.16. The molecule has 1 saturated heterocycles. The highest BCUT2D eigenvalue weighted by Gasteiger charge is 2.34. The fourth-order valence-corrected chi connectivity index (χ4v) is 3.99. The van der Waals surface area contributed by atoms with Crippen LogP contribution in [-0.4, -0.2) is 39.1 Å². The molecule has 4 rings (SSSR count). The molecule has 0 bridgehead atoms. The first kappa shape index (κ1) is 20.5. The predicted octanol–water partition coefficient (Wildman–Crippen LogP) is 2.67. The van der Waals surface area contributed by atoms with E-state index in [1.54, 1.807) is 17.3 Å². The van der Waals surface area contributed by atoms with Gasteiger partial charge in [0.25, 0.3) is 0 Å². The minimum absolute atomic E-state index is 0.153. The molecule has 1 fully saturated rings. The average Bonchev–Trinajstić information content (AvgIpc) is 2.78. The Morgan fingerprint density at radius 3 is 2.68 bits per heavy atom. The second-order valence-corrected chi connectivity index (χ2v) is 7.92. The van der Waals surface area contributed by atoms with Gasteiger partial charge in [0, 0.05) is 30.5 Å². The van der Waals surface area contributed by atoms with Crippen LogP contribution in [0.5, 0.6) is 0 Å². The molecule has 0 radical (unpaired) electrons. The predicted molar refractivity (Wildman–Crippen MR) is 116 cm³/mol. The molecule has 2 atom stereocenters. The maximum Gasteiger partial charge on any atom is 0.313 e. The van der Waals surface area contributed by atoms with Crippen molar-refractivity contribution in [2.75, 3.05) is 11.9 Å². The molecule has 158 valence electrons. The van der Waals surface area contributed by atoms with Gasteiger partial charge in [-0.1, -0.05) is 19.1 Å². The number of hydrogen-bond acceptors (Lipinski definition) is 5. The Morgan fingerprint density at radius 2 is 1.87 bits per heavy atom. The van der Waals surface area contributed by atoms with Gasteiger partial charge in [0.2, 0.25) is 5.91 Å². The standard InChI is InChI=1S/C23H23N5O3/c1-14-2-5-20(16-3-4-17-10-25-7-6-15(17)8-16)28(13-14)23(31)22(30)27-19-9-18(21(24)29)11-26-12-19/h3-4,6-12,14,20H,2,5,13H2,1H3,(H2,24,29)(H,27,30)/t14-,20+/m1/s1. The lowest BCUT2D eigenvalue weighted by Crippen LogP contribution is -2.46. The molecule has 1 aromatic carbocycles. The lowest BCUT2D eigenvalue weighted by molar-refractivity contribution is -0.146. The Kier molecular flexibility index (Phi) is 5.62. The first-order chi connectivity index (χ1) is 14.9. The van der Waals surface area contributed by atoms with Gasteiger partial charge in [0.1, 0.15) is 0 Å². The highest BCUT2D eigenvalue weighted by Crippen LogP contribution is 2.34. The molecule has 8 heteroatoms. The van der Waals surface area contributed by atoms with Crippen molar-refractivity contribution in [2.24, 2.45) is 11.7 Å². The molecule has 1 aliphatic rings. The number of anilines is 1. The summed E-state index contributed by atoms with van der Waals surface area (Å²) in [5.41, 5.74) is 6.64. The van der Waals surface area contributed by atoms with Crippen LogP contribution in [-0.2, 0) is 9.59 Å². The summed E-state index contributed by atoms with van der Waals surface area (Å²) in [5.74, 6) is -1.76. The fraction of sp³-hybridized carbons (Fsp3) is 0.261. The van der Waals surface area contributed by atoms with Gasteiger partial charge in [0.05, 0.1) is 23.5 Å². The van der Waals surface area contributed by atoms with Crippen molar-refractivity contribution in [3.8, 4) is 0 Å². The van der Waals surface area contributed by atoms with Crippen LogP contribution in [0.15, 0.2) is 55.1 Å². The van der Waals surface area contributed by atoms with Crippen LogP contribution >= 0.6 is 0 Å². The number of nitrogens with two attached hydrogens (primary N) is 1. The lowest BCUT2D eigenvalue weighted by Gasteiger charge is -2.38. The molecule has 1 aliphatic heterocycles. The van der Waals surface area contributed by atoms with Crippen molar-refractivity contribution >= 4 is 34.2 Å². The Hall–Kier alpha value is -3.81. The largest absolute Gasteiger partial charge is 0.366 e. The van der Waals surface area contributed by atoms with Crippen LogP contribution in [0.25, 0.3) is 10.8 Å². The van der Waals surface area contributed by atoms with Crippen molar-refractivity contribution in [3.63, 3.8) is 0 Å². The van der Waals surface area contributed by atoms with Crippen LogP contribution in [0.1, 0.15) is 41.7 Å². The number of primary amides is 1. The molecular weight excluding hydrogens is 394 g/mol. The highest BCUT2D eigenvalue weighted by molar-refractivity contribution is 6.39. The van der Waals surface area contributed by atoms with Crippen LogP contribution in [0, 0.1) is 5.92 Å². The van der Waals surface area contributed by atoms with Crippen molar-refractivity contribution in [2.45, 2.75) is 25.8 Å². The number of rotatable bonds is 3. The number of nitrogens with zero attached hydrogens (tertiary/aromatic N) is 3. The van der Waals surface area contributed by atoms with Gasteiger partial charge in [-0.3, -0.25) is 24.4 Å². The zero-order valence-electron chi connectivity index (χ0n) is 17.1. The molecule has 3 N–H and O–H groups in total. The van der Waals surface area contributed by atoms with Gasteiger partial charge in [-0.25, -0.2) is 0 Å². The van der Waals surface area contributed by atoms with Gasteiger partial charge in [0.15, 0.2) is 0 Å². The summed E-state index contributed by atoms with van der Waals surface area (Å²) in [4.78, 5) is 46.8. The number of carbonyl (C=O) groups excluding carboxylic acids is 3. The average molecular weight is 417 g/mol. The minimum Gasteiger partial charge on any atom is -0.366 e. The monoisotopic (exact) mass is 417 g/mol. The van der Waals surface area contributed by atoms with E-state index in [0.29, 0.717) is 6.54 Å². The third-order valence-corrected chi connectivity index (χ3v) is 5.60. The number of benzene rings is 1. The maximum atomic E-state index is 13.1. The van der Waals surface area contributed by atoms with Gasteiger partial charge < -0.3 is 16.0 Å². The van der Waals surface area contributed by atoms with Gasteiger partial charge in [-0.2, -0.15) is 0 Å². The number of pyridine rings is 2. The third kappa shape index (κ3) is 4.37. The molecule has 0 saturated carbocycles. The molecule has 0 spiro atoms. The fourth-order valence-electron chi connectivity index (χ4n) is 3.99. The second-order valence-electron chi connectivity index (χ2n) is 7.92. The summed E-state index contributed by atoms with van der Waals surface area (Å²) in [6.07, 6.45) is 7.94. The molecule has 0 unspecified atom stereocenters. The van der Waals surface area contributed by atoms with E-state index in [1.807, 2.05) is 18.2 Å². The van der Waals surface area contributed by atoms with E-state index < -0.39 is 17.7 Å². The topological polar surface area (TPSA) is 118 Å². The van der Waals surface area contributed by atoms with E-state index in [9.17, 15) is 14.4 Å². The molecule has 3 heterocycles. The summed E-state index contributed by atoms with van der Waals surface area (Å²) in [7, 11) is 0. The maximum absolute atomic E-state index is 13.1. The molecule has 8 nitrogen and oxygen atoms in total. The summed E-state index contributed by atoms with van der Waals surface area (Å²) >= 11 is 0. The van der Waals surface area contributed by atoms with Crippen LogP contribution in [0.4, 0.5) is 5.69 Å². The lowest BCUT2D eigenvalue weighted by atomic mass is 9.89. The first-order valence-electron chi connectivity index (χ1n) is 10.1. The quantitative estimate of drug-likeness (QED) is 0.635. The van der Waals surface area contributed by atoms with Crippen molar-refractivity contribution in [1.29, 1.82) is 0 Å². The molecule has 31 heavy (non-hydrogen) atoms. The number of carbonyl (C=O) groups is 3. The minimum atomic E-state index is -0.771. The Balaban J connectivity index is 1.58. The van der Waals surface area contributed by atoms with E-state index in [-0.39, 0.29) is 23.2 Å². The van der Waals surface area contributed by atoms with Crippen LogP contribution < -0.4 is 11.1 Å². The van der Waals surface area contributed by atoms with E-state index >= 15 is 0 Å². The van der Waals surface area contributed by atoms with E-state index in [4.69, 9.17) is 5.73 Å². The first-order valence-corrected chi connectivity index (χ1v) is 10.1. The van der Waals surface area contributed by atoms with Crippen LogP contribution in [0.3, 0.4) is 0 Å². The number of piperidine rings is 1. The van der Waals surface area contributed by atoms with E-state index in [2.05, 4.69) is 28.3 Å². The SMILES string of the molecule is C[C@@H]1CC[C@@H](c2ccc3cnccc3c2)N(C(=O)C(=O)Nc2cncc(C(N)=O)c2)C1. The van der Waals surface area contributed by atoms with E-state index in [0.717, 1.165) is 29.2 Å². The Labute approximate surface area is 179 Å². The number of fused-ring (bicyclic) bond motifs is 1. The second kappa shape index (κ2) is 8.51. The third-order valence-electron chi connectivity index (χ3n) is 5.60. The zero-order valence-corrected chi connectivity index (χ0v) is 17.1. The van der Waals surface area contributed by atoms with Crippen LogP contribution in [0.2, 0.25) is 0 Å². The Bertz CT molecular complexity index is 1160. The zero-order chi connectivity index (χ0) is 22.0. The van der Waals surface area contributed by atoms with Crippen molar-refractivity contribution in [3.05, 3.63) is 66.2 Å². The normalized spacial score (nSPS) is 18.5. The number of likely N-dealkylation sites (tertiary alicyclic amines) is 1. The van der Waals surface area contributed by atoms with Gasteiger partial charge >= 0.3 is 11.8 Å². The summed E-state index contributed by atoms with van der Waals surface area (Å²) in [6.45, 7) is 2.56. The Morgan fingerprint density at radius 1 is 1.03 bits per heavy atom. The molecule has 2 aromatic heterocycles. The number of nitrogens with one attached hydrogen (secondary N) is 1. The molecule has 0 aliphatic carbocycles. The number of hydrogen-bond donors (Lipinski definition) is 2. The summed E-state index contributed by atoms with van der Waals surface area (Å²) in [5, 5.41) is 4.60. The molecule has 3 aromatic rings. The number of amides is 3. The smallest absolute Gasteiger partial charge is 0.313 e.